The van der Waals surface area contributed by atoms with E-state index in [4.69, 9.17) is 15.6 Å². The van der Waals surface area contributed by atoms with Crippen molar-refractivity contribution < 1.29 is 20.7 Å². The first kappa shape index (κ1) is 13.0. The van der Waals surface area contributed by atoms with E-state index in [2.05, 4.69) is 0 Å². The molecule has 0 aliphatic heterocycles. The van der Waals surface area contributed by atoms with Crippen LogP contribution in [0.3, 0.4) is 0 Å². The normalized spacial score (nSPS) is 13.8. The van der Waals surface area contributed by atoms with Gasteiger partial charge in [-0.15, -0.1) is 0 Å². The molecule has 16 heavy (non-hydrogen) atoms. The molecule has 0 fully saturated rings. The third-order valence-corrected chi connectivity index (χ3v) is 2.23. The number of hydrogen-bond donors (Lipinski definition) is 7. The van der Waals surface area contributed by atoms with Gasteiger partial charge >= 0.3 is 0 Å². The first-order chi connectivity index (χ1) is 7.65. The maximum Gasteiger partial charge on any atom is 0.217 e. The van der Waals surface area contributed by atoms with Crippen LogP contribution in [-0.2, 0) is 0 Å². The summed E-state index contributed by atoms with van der Waals surface area (Å²) >= 11 is 0. The van der Waals surface area contributed by atoms with Crippen molar-refractivity contribution in [2.24, 2.45) is 0 Å². The van der Waals surface area contributed by atoms with Crippen LogP contribution in [0.4, 0.5) is 0 Å². The molecule has 7 N–H and O–H groups in total. The topological polar surface area (TPSA) is 117 Å². The molecule has 7 heteroatoms. The number of nitrogens with one attached hydrogen (secondary N) is 3. The molecule has 7 nitrogen and oxygen atoms in total. The highest BCUT2D eigenvalue weighted by Crippen LogP contribution is 2.20. The van der Waals surface area contributed by atoms with Crippen LogP contribution in [0.2, 0.25) is 0 Å². The zero-order valence-corrected chi connectivity index (χ0v) is 8.46. The second-order valence-corrected chi connectivity index (χ2v) is 3.38. The first-order valence-corrected chi connectivity index (χ1v) is 4.64. The van der Waals surface area contributed by atoms with E-state index in [1.165, 1.54) is 11.0 Å². The predicted molar refractivity (Wildman–Crippen MR) is 53.5 cm³/mol. The highest BCUT2D eigenvalue weighted by molar-refractivity contribution is 5.18. The minimum atomic E-state index is -2.10. The van der Waals surface area contributed by atoms with Crippen molar-refractivity contribution in [3.8, 4) is 0 Å². The summed E-state index contributed by atoms with van der Waals surface area (Å²) in [4.78, 5) is 0. The van der Waals surface area contributed by atoms with Crippen LogP contribution < -0.4 is 16.4 Å². The van der Waals surface area contributed by atoms with Crippen molar-refractivity contribution in [1.29, 1.82) is 0 Å². The second-order valence-electron chi connectivity index (χ2n) is 3.38. The number of rotatable bonds is 6. The van der Waals surface area contributed by atoms with E-state index in [9.17, 15) is 5.11 Å². The fraction of sp³-hybridized carbons (Fsp3) is 0.333. The van der Waals surface area contributed by atoms with E-state index in [1.807, 2.05) is 5.48 Å². The largest absolute Gasteiger partial charge is 0.360 e. The quantitative estimate of drug-likeness (QED) is 0.264. The van der Waals surface area contributed by atoms with Crippen LogP contribution >= 0.6 is 0 Å². The smallest absolute Gasteiger partial charge is 0.217 e. The van der Waals surface area contributed by atoms with E-state index in [1.54, 1.807) is 30.3 Å². The van der Waals surface area contributed by atoms with Crippen LogP contribution in [0.25, 0.3) is 0 Å². The average Bonchev–Trinajstić information content (AvgIpc) is 2.36. The monoisotopic (exact) mass is 229 g/mol. The molecule has 0 heterocycles. The van der Waals surface area contributed by atoms with E-state index in [0.717, 1.165) is 0 Å². The van der Waals surface area contributed by atoms with Gasteiger partial charge in [0.25, 0.3) is 0 Å². The summed E-state index contributed by atoms with van der Waals surface area (Å²) < 4.78 is 0. The summed E-state index contributed by atoms with van der Waals surface area (Å²) in [6.45, 7) is 0. The summed E-state index contributed by atoms with van der Waals surface area (Å²) in [5.74, 6) is -2.10. The Kier molecular flexibility index (Phi) is 4.77. The molecule has 0 spiro atoms. The summed E-state index contributed by atoms with van der Waals surface area (Å²) in [5, 5.41) is 35.8. The third kappa shape index (κ3) is 3.22. The summed E-state index contributed by atoms with van der Waals surface area (Å²) in [6, 6.07) is 8.12. The Hall–Kier alpha value is -1.06. The van der Waals surface area contributed by atoms with Crippen molar-refractivity contribution in [2.45, 2.75) is 18.3 Å². The fourth-order valence-corrected chi connectivity index (χ4v) is 1.34. The molecule has 1 unspecified atom stereocenters. The molecule has 1 aromatic carbocycles. The Balaban J connectivity index is 2.77. The van der Waals surface area contributed by atoms with Crippen molar-refractivity contribution in [3.63, 3.8) is 0 Å². The zero-order valence-electron chi connectivity index (χ0n) is 8.46. The molecule has 1 aromatic rings. The third-order valence-electron chi connectivity index (χ3n) is 2.23. The van der Waals surface area contributed by atoms with Gasteiger partial charge in [-0.3, -0.25) is 0 Å². The van der Waals surface area contributed by atoms with Gasteiger partial charge in [-0.2, -0.15) is 16.4 Å². The molecule has 0 radical (unpaired) electrons. The lowest BCUT2D eigenvalue weighted by molar-refractivity contribution is -0.187. The molecule has 1 rings (SSSR count). The molecule has 0 amide bonds. The standard InChI is InChI=1S/C9H15N3O4/c13-9(11-15,12-16)6-8(10-14)7-4-2-1-3-5-7/h1-5,8,10-16H,6H2. The lowest BCUT2D eigenvalue weighted by Gasteiger charge is -2.28. The van der Waals surface area contributed by atoms with E-state index in [-0.39, 0.29) is 6.42 Å². The number of benzene rings is 1. The van der Waals surface area contributed by atoms with Gasteiger partial charge < -0.3 is 20.7 Å². The Morgan fingerprint density at radius 1 is 1.06 bits per heavy atom. The zero-order chi connectivity index (χ0) is 12.0. The van der Waals surface area contributed by atoms with Gasteiger partial charge in [0.05, 0.1) is 6.04 Å². The van der Waals surface area contributed by atoms with Crippen molar-refractivity contribution in [1.82, 2.24) is 16.4 Å². The van der Waals surface area contributed by atoms with Gasteiger partial charge in [-0.25, -0.2) is 0 Å². The summed E-state index contributed by atoms with van der Waals surface area (Å²) in [5.41, 5.74) is 5.68. The Morgan fingerprint density at radius 3 is 2.06 bits per heavy atom. The highest BCUT2D eigenvalue weighted by atomic mass is 16.6. The van der Waals surface area contributed by atoms with Crippen molar-refractivity contribution in [2.75, 3.05) is 0 Å². The number of hydroxylamine groups is 3. The van der Waals surface area contributed by atoms with E-state index in [0.29, 0.717) is 5.56 Å². The first-order valence-electron chi connectivity index (χ1n) is 4.64. The SMILES string of the molecule is ONC(CC(O)(NO)NO)c1ccccc1. The lowest BCUT2D eigenvalue weighted by Crippen LogP contribution is -2.56. The van der Waals surface area contributed by atoms with Gasteiger partial charge in [0.1, 0.15) is 0 Å². The molecule has 0 saturated heterocycles. The average molecular weight is 229 g/mol. The van der Waals surface area contributed by atoms with Gasteiger partial charge in [0.2, 0.25) is 5.85 Å². The second kappa shape index (κ2) is 5.87. The van der Waals surface area contributed by atoms with Crippen LogP contribution in [0, 0.1) is 0 Å². The predicted octanol–water partition coefficient (Wildman–Crippen LogP) is -0.300. The number of aliphatic hydroxyl groups is 1. The number of hydrogen-bond acceptors (Lipinski definition) is 7. The van der Waals surface area contributed by atoms with E-state index < -0.39 is 11.9 Å². The molecule has 0 bridgehead atoms. The minimum absolute atomic E-state index is 0.208. The van der Waals surface area contributed by atoms with E-state index >= 15 is 0 Å². The highest BCUT2D eigenvalue weighted by Gasteiger charge is 2.29. The van der Waals surface area contributed by atoms with Gasteiger partial charge in [0, 0.05) is 6.42 Å². The van der Waals surface area contributed by atoms with Crippen LogP contribution in [0.1, 0.15) is 18.0 Å². The Bertz CT molecular complexity index is 305. The molecule has 1 atom stereocenters. The van der Waals surface area contributed by atoms with Gasteiger partial charge in [0.15, 0.2) is 0 Å². The fourth-order valence-electron chi connectivity index (χ4n) is 1.34. The lowest BCUT2D eigenvalue weighted by atomic mass is 10.0. The molecule has 0 aliphatic carbocycles. The summed E-state index contributed by atoms with van der Waals surface area (Å²) in [7, 11) is 0. The van der Waals surface area contributed by atoms with Crippen LogP contribution in [-0.4, -0.2) is 26.6 Å². The van der Waals surface area contributed by atoms with Crippen molar-refractivity contribution in [3.05, 3.63) is 35.9 Å². The molecular weight excluding hydrogens is 214 g/mol. The van der Waals surface area contributed by atoms with Crippen LogP contribution in [0.15, 0.2) is 30.3 Å². The molecule has 0 saturated carbocycles. The summed E-state index contributed by atoms with van der Waals surface area (Å²) in [6.07, 6.45) is -0.208. The Labute approximate surface area is 92.2 Å². The molecule has 0 aromatic heterocycles. The Morgan fingerprint density at radius 2 is 1.62 bits per heavy atom. The molecular formula is C9H15N3O4. The van der Waals surface area contributed by atoms with Crippen LogP contribution in [0.5, 0.6) is 0 Å². The molecule has 90 valence electrons. The van der Waals surface area contributed by atoms with Gasteiger partial charge in [-0.1, -0.05) is 30.3 Å². The van der Waals surface area contributed by atoms with Gasteiger partial charge in [-0.05, 0) is 5.56 Å². The van der Waals surface area contributed by atoms with Crippen molar-refractivity contribution >= 4 is 0 Å². The molecule has 0 aliphatic rings. The minimum Gasteiger partial charge on any atom is -0.360 e. The maximum atomic E-state index is 9.52. The maximum absolute atomic E-state index is 9.52.